The topological polar surface area (TPSA) is 72.0 Å². The molecule has 0 unspecified atom stereocenters. The van der Waals surface area contributed by atoms with Crippen molar-refractivity contribution in [3.63, 3.8) is 0 Å². The number of amides is 1. The highest BCUT2D eigenvalue weighted by Crippen LogP contribution is 2.31. The van der Waals surface area contributed by atoms with Crippen molar-refractivity contribution < 1.29 is 9.59 Å². The Morgan fingerprint density at radius 3 is 2.71 bits per heavy atom. The summed E-state index contributed by atoms with van der Waals surface area (Å²) in [5.41, 5.74) is 3.51. The lowest BCUT2D eigenvalue weighted by atomic mass is 10.1. The summed E-state index contributed by atoms with van der Waals surface area (Å²) in [6.45, 7) is 0. The molecule has 1 N–H and O–H groups in total. The van der Waals surface area contributed by atoms with E-state index in [9.17, 15) is 9.59 Å². The molecule has 0 radical (unpaired) electrons. The Morgan fingerprint density at radius 1 is 1.12 bits per heavy atom. The van der Waals surface area contributed by atoms with E-state index in [2.05, 4.69) is 21.4 Å². The number of pyridine rings is 2. The highest BCUT2D eigenvalue weighted by molar-refractivity contribution is 5.93. The average Bonchev–Trinajstić information content (AvgIpc) is 3.03. The van der Waals surface area contributed by atoms with Crippen molar-refractivity contribution in [1.29, 1.82) is 0 Å². The van der Waals surface area contributed by atoms with Gasteiger partial charge in [-0.05, 0) is 54.3 Å². The molecule has 1 aliphatic carbocycles. The van der Waals surface area contributed by atoms with Gasteiger partial charge >= 0.3 is 0 Å². The molecule has 5 nitrogen and oxygen atoms in total. The second kappa shape index (κ2) is 5.85. The van der Waals surface area contributed by atoms with Crippen LogP contribution in [0.5, 0.6) is 0 Å². The van der Waals surface area contributed by atoms with Gasteiger partial charge < -0.3 is 5.32 Å². The Labute approximate surface area is 138 Å². The molecule has 2 heterocycles. The molecule has 0 bridgehead atoms. The van der Waals surface area contributed by atoms with Gasteiger partial charge in [-0.2, -0.15) is 0 Å². The molecule has 5 heteroatoms. The first-order valence-corrected chi connectivity index (χ1v) is 7.82. The summed E-state index contributed by atoms with van der Waals surface area (Å²) < 4.78 is 0. The van der Waals surface area contributed by atoms with Crippen LogP contribution in [0.2, 0.25) is 0 Å². The van der Waals surface area contributed by atoms with Gasteiger partial charge in [-0.3, -0.25) is 9.59 Å². The average molecular weight is 317 g/mol. The van der Waals surface area contributed by atoms with E-state index in [-0.39, 0.29) is 11.8 Å². The van der Waals surface area contributed by atoms with Crippen molar-refractivity contribution in [1.82, 2.24) is 9.97 Å². The zero-order valence-corrected chi connectivity index (χ0v) is 12.9. The first kappa shape index (κ1) is 14.5. The van der Waals surface area contributed by atoms with E-state index < -0.39 is 0 Å². The van der Waals surface area contributed by atoms with Crippen molar-refractivity contribution in [2.45, 2.75) is 12.8 Å². The third kappa shape index (κ3) is 2.65. The number of hydrogen-bond acceptors (Lipinski definition) is 4. The summed E-state index contributed by atoms with van der Waals surface area (Å²) >= 11 is 0. The van der Waals surface area contributed by atoms with Gasteiger partial charge in [-0.25, -0.2) is 9.97 Å². The minimum absolute atomic E-state index is 0.0181. The highest BCUT2D eigenvalue weighted by Gasteiger charge is 2.28. The summed E-state index contributed by atoms with van der Waals surface area (Å²) in [6, 6.07) is 13.1. The number of hydrogen-bond donors (Lipinski definition) is 1. The molecule has 1 aromatic carbocycles. The first-order chi connectivity index (χ1) is 11.7. The van der Waals surface area contributed by atoms with E-state index in [1.54, 1.807) is 18.3 Å². The number of aromatic nitrogens is 2. The molecule has 24 heavy (non-hydrogen) atoms. The summed E-state index contributed by atoms with van der Waals surface area (Å²) in [5, 5.41) is 3.86. The quantitative estimate of drug-likeness (QED) is 0.754. The SMILES string of the molecule is O=Cc1ccc2cc3c(cc2n1)C[C@@H](C(=O)Nc1ccccn1)C3. The van der Waals surface area contributed by atoms with Gasteiger partial charge in [0.1, 0.15) is 11.5 Å². The maximum atomic E-state index is 12.5. The van der Waals surface area contributed by atoms with Crippen molar-refractivity contribution >= 4 is 28.9 Å². The van der Waals surface area contributed by atoms with Gasteiger partial charge in [0, 0.05) is 17.5 Å². The number of benzene rings is 1. The van der Waals surface area contributed by atoms with Gasteiger partial charge in [0.25, 0.3) is 0 Å². The highest BCUT2D eigenvalue weighted by atomic mass is 16.2. The molecule has 3 aromatic rings. The Hall–Kier alpha value is -3.08. The van der Waals surface area contributed by atoms with Crippen LogP contribution in [0.1, 0.15) is 21.6 Å². The first-order valence-electron chi connectivity index (χ1n) is 7.82. The maximum absolute atomic E-state index is 12.5. The standard InChI is InChI=1S/C19H15N3O2/c23-11-16-5-4-12-7-13-8-15(9-14(13)10-17(12)21-16)19(24)22-18-3-1-2-6-20-18/h1-7,10-11,15H,8-9H2,(H,20,22,24)/t15-/m0/s1. The number of aldehydes is 1. The van der Waals surface area contributed by atoms with Crippen LogP contribution in [-0.2, 0) is 17.6 Å². The summed E-state index contributed by atoms with van der Waals surface area (Å²) in [7, 11) is 0. The fourth-order valence-corrected chi connectivity index (χ4v) is 3.18. The molecule has 2 aromatic heterocycles. The summed E-state index contributed by atoms with van der Waals surface area (Å²) in [5.74, 6) is 0.445. The van der Waals surface area contributed by atoms with Crippen LogP contribution in [0, 0.1) is 5.92 Å². The van der Waals surface area contributed by atoms with Crippen molar-refractivity contribution in [2.75, 3.05) is 5.32 Å². The molecule has 1 aliphatic rings. The van der Waals surface area contributed by atoms with Crippen LogP contribution in [0.25, 0.3) is 10.9 Å². The Balaban J connectivity index is 1.58. The fraction of sp³-hybridized carbons (Fsp3) is 0.158. The molecule has 4 rings (SSSR count). The largest absolute Gasteiger partial charge is 0.310 e. The Kier molecular flexibility index (Phi) is 3.54. The third-order valence-electron chi connectivity index (χ3n) is 4.37. The van der Waals surface area contributed by atoms with Gasteiger partial charge in [0.2, 0.25) is 5.91 Å². The lowest BCUT2D eigenvalue weighted by molar-refractivity contribution is -0.119. The normalized spacial score (nSPS) is 15.9. The molecule has 118 valence electrons. The number of carbonyl (C=O) groups excluding carboxylic acids is 2. The minimum Gasteiger partial charge on any atom is -0.310 e. The lowest BCUT2D eigenvalue weighted by Crippen LogP contribution is -2.23. The molecule has 0 spiro atoms. The van der Waals surface area contributed by atoms with Gasteiger partial charge in [-0.1, -0.05) is 12.1 Å². The summed E-state index contributed by atoms with van der Waals surface area (Å²) in [4.78, 5) is 31.8. The number of rotatable bonds is 3. The van der Waals surface area contributed by atoms with Gasteiger partial charge in [-0.15, -0.1) is 0 Å². The fourth-order valence-electron chi connectivity index (χ4n) is 3.18. The van der Waals surface area contributed by atoms with Gasteiger partial charge in [0.15, 0.2) is 6.29 Å². The van der Waals surface area contributed by atoms with Crippen molar-refractivity contribution in [3.8, 4) is 0 Å². The maximum Gasteiger partial charge on any atom is 0.229 e. The van der Waals surface area contributed by atoms with Crippen LogP contribution >= 0.6 is 0 Å². The Bertz CT molecular complexity index is 938. The molecular weight excluding hydrogens is 302 g/mol. The van der Waals surface area contributed by atoms with E-state index in [1.165, 1.54) is 5.56 Å². The van der Waals surface area contributed by atoms with Crippen LogP contribution in [0.3, 0.4) is 0 Å². The second-order valence-electron chi connectivity index (χ2n) is 5.98. The van der Waals surface area contributed by atoms with Crippen LogP contribution in [0.4, 0.5) is 5.82 Å². The zero-order valence-electron chi connectivity index (χ0n) is 12.9. The van der Waals surface area contributed by atoms with E-state index in [1.807, 2.05) is 24.3 Å². The molecule has 0 saturated heterocycles. The van der Waals surface area contributed by atoms with Gasteiger partial charge in [0.05, 0.1) is 5.52 Å². The molecule has 0 aliphatic heterocycles. The monoisotopic (exact) mass is 317 g/mol. The number of nitrogens with one attached hydrogen (secondary N) is 1. The summed E-state index contributed by atoms with van der Waals surface area (Å²) in [6.07, 6.45) is 3.79. The smallest absolute Gasteiger partial charge is 0.229 e. The van der Waals surface area contributed by atoms with E-state index in [0.29, 0.717) is 24.4 Å². The number of anilines is 1. The van der Waals surface area contributed by atoms with Crippen LogP contribution in [0.15, 0.2) is 48.7 Å². The number of carbonyl (C=O) groups is 2. The molecular formula is C19H15N3O2. The molecule has 1 amide bonds. The second-order valence-corrected chi connectivity index (χ2v) is 5.98. The van der Waals surface area contributed by atoms with E-state index in [4.69, 9.17) is 0 Å². The number of nitrogens with zero attached hydrogens (tertiary/aromatic N) is 2. The predicted molar refractivity (Wildman–Crippen MR) is 90.9 cm³/mol. The molecule has 0 saturated carbocycles. The predicted octanol–water partition coefficient (Wildman–Crippen LogP) is 2.80. The molecule has 0 fully saturated rings. The minimum atomic E-state index is -0.107. The third-order valence-corrected chi connectivity index (χ3v) is 4.37. The van der Waals surface area contributed by atoms with Crippen LogP contribution < -0.4 is 5.32 Å². The van der Waals surface area contributed by atoms with E-state index >= 15 is 0 Å². The van der Waals surface area contributed by atoms with E-state index in [0.717, 1.165) is 22.8 Å². The Morgan fingerprint density at radius 2 is 1.96 bits per heavy atom. The lowest BCUT2D eigenvalue weighted by Gasteiger charge is -2.09. The van der Waals surface area contributed by atoms with Crippen LogP contribution in [-0.4, -0.2) is 22.2 Å². The number of fused-ring (bicyclic) bond motifs is 2. The molecule has 1 atom stereocenters. The van der Waals surface area contributed by atoms with Crippen molar-refractivity contribution in [2.24, 2.45) is 5.92 Å². The zero-order chi connectivity index (χ0) is 16.5. The van der Waals surface area contributed by atoms with Crippen molar-refractivity contribution in [3.05, 3.63) is 65.5 Å².